The third-order valence-corrected chi connectivity index (χ3v) is 2.90. The Bertz CT molecular complexity index is 366. The van der Waals surface area contributed by atoms with E-state index in [1.165, 1.54) is 12.1 Å². The molecule has 88 valence electrons. The summed E-state index contributed by atoms with van der Waals surface area (Å²) in [5.41, 5.74) is 0.682. The highest BCUT2D eigenvalue weighted by Gasteiger charge is 2.07. The SMILES string of the molecule is CCOCCC(=O)Cc1cc(F)ccc1Br. The number of Topliss-reactive ketones (excluding diaryl/α,β-unsaturated/α-hetero) is 1. The lowest BCUT2D eigenvalue weighted by molar-refractivity contribution is -0.119. The van der Waals surface area contributed by atoms with Crippen molar-refractivity contribution in [1.82, 2.24) is 0 Å². The number of ether oxygens (including phenoxy) is 1. The minimum Gasteiger partial charge on any atom is -0.381 e. The van der Waals surface area contributed by atoms with Crippen molar-refractivity contribution in [2.24, 2.45) is 0 Å². The second-order valence-electron chi connectivity index (χ2n) is 3.40. The molecule has 0 bridgehead atoms. The summed E-state index contributed by atoms with van der Waals surface area (Å²) in [7, 11) is 0. The molecule has 0 atom stereocenters. The standard InChI is InChI=1S/C12H14BrFO2/c1-2-16-6-5-11(15)8-9-7-10(14)3-4-12(9)13/h3-4,7H,2,5-6,8H2,1H3. The fourth-order valence-corrected chi connectivity index (χ4v) is 1.70. The molecule has 0 amide bonds. The van der Waals surface area contributed by atoms with Gasteiger partial charge in [-0.3, -0.25) is 4.79 Å². The van der Waals surface area contributed by atoms with Gasteiger partial charge in [-0.25, -0.2) is 4.39 Å². The predicted molar refractivity (Wildman–Crippen MR) is 63.9 cm³/mol. The lowest BCUT2D eigenvalue weighted by atomic mass is 10.1. The van der Waals surface area contributed by atoms with Crippen molar-refractivity contribution in [2.45, 2.75) is 19.8 Å². The third kappa shape index (κ3) is 4.41. The van der Waals surface area contributed by atoms with Crippen molar-refractivity contribution >= 4 is 21.7 Å². The fraction of sp³-hybridized carbons (Fsp3) is 0.417. The highest BCUT2D eigenvalue weighted by Crippen LogP contribution is 2.18. The van der Waals surface area contributed by atoms with Crippen LogP contribution in [0.5, 0.6) is 0 Å². The van der Waals surface area contributed by atoms with E-state index >= 15 is 0 Å². The summed E-state index contributed by atoms with van der Waals surface area (Å²) < 4.78 is 18.8. The normalized spacial score (nSPS) is 10.4. The Hall–Kier alpha value is -0.740. The molecule has 0 aliphatic rings. The van der Waals surface area contributed by atoms with Gasteiger partial charge in [0.2, 0.25) is 0 Å². The summed E-state index contributed by atoms with van der Waals surface area (Å²) in [4.78, 5) is 11.5. The van der Waals surface area contributed by atoms with E-state index in [1.54, 1.807) is 6.07 Å². The highest BCUT2D eigenvalue weighted by atomic mass is 79.9. The molecule has 0 aliphatic heterocycles. The molecule has 0 spiro atoms. The maximum atomic E-state index is 12.9. The molecular weight excluding hydrogens is 275 g/mol. The maximum absolute atomic E-state index is 12.9. The molecule has 0 aromatic heterocycles. The quantitative estimate of drug-likeness (QED) is 0.752. The first-order chi connectivity index (χ1) is 7.63. The van der Waals surface area contributed by atoms with Crippen molar-refractivity contribution in [3.8, 4) is 0 Å². The van der Waals surface area contributed by atoms with E-state index in [9.17, 15) is 9.18 Å². The molecule has 0 saturated heterocycles. The molecule has 1 aromatic carbocycles. The topological polar surface area (TPSA) is 26.3 Å². The van der Waals surface area contributed by atoms with Gasteiger partial charge < -0.3 is 4.74 Å². The molecule has 2 nitrogen and oxygen atoms in total. The van der Waals surface area contributed by atoms with Crippen LogP contribution in [0.3, 0.4) is 0 Å². The minimum absolute atomic E-state index is 0.0553. The smallest absolute Gasteiger partial charge is 0.139 e. The Kier molecular flexibility index (Phi) is 5.63. The van der Waals surface area contributed by atoms with E-state index in [0.29, 0.717) is 25.2 Å². The molecule has 0 unspecified atom stereocenters. The van der Waals surface area contributed by atoms with Crippen LogP contribution in [0.25, 0.3) is 0 Å². The molecule has 4 heteroatoms. The number of hydrogen-bond donors (Lipinski definition) is 0. The van der Waals surface area contributed by atoms with Crippen LogP contribution in [-0.2, 0) is 16.0 Å². The van der Waals surface area contributed by atoms with Gasteiger partial charge in [0.25, 0.3) is 0 Å². The van der Waals surface area contributed by atoms with Gasteiger partial charge >= 0.3 is 0 Å². The van der Waals surface area contributed by atoms with Gasteiger partial charge in [-0.1, -0.05) is 15.9 Å². The Morgan fingerprint density at radius 1 is 1.50 bits per heavy atom. The first kappa shape index (κ1) is 13.3. The first-order valence-corrected chi connectivity index (χ1v) is 5.96. The second-order valence-corrected chi connectivity index (χ2v) is 4.25. The zero-order valence-corrected chi connectivity index (χ0v) is 10.7. The average molecular weight is 289 g/mol. The summed E-state index contributed by atoms with van der Waals surface area (Å²) in [6, 6.07) is 4.35. The van der Waals surface area contributed by atoms with Gasteiger partial charge in [0.1, 0.15) is 11.6 Å². The van der Waals surface area contributed by atoms with Gasteiger partial charge in [0.05, 0.1) is 6.61 Å². The van der Waals surface area contributed by atoms with Crippen LogP contribution >= 0.6 is 15.9 Å². The molecule has 16 heavy (non-hydrogen) atoms. The summed E-state index contributed by atoms with van der Waals surface area (Å²) in [6.45, 7) is 2.92. The first-order valence-electron chi connectivity index (χ1n) is 5.17. The van der Waals surface area contributed by atoms with Crippen molar-refractivity contribution in [3.63, 3.8) is 0 Å². The minimum atomic E-state index is -0.323. The van der Waals surface area contributed by atoms with E-state index in [4.69, 9.17) is 4.74 Å². The van der Waals surface area contributed by atoms with Gasteiger partial charge in [-0.05, 0) is 30.7 Å². The van der Waals surface area contributed by atoms with E-state index in [-0.39, 0.29) is 18.0 Å². The van der Waals surface area contributed by atoms with Crippen molar-refractivity contribution in [1.29, 1.82) is 0 Å². The summed E-state index contributed by atoms with van der Waals surface area (Å²) in [5.74, 6) is -0.268. The Morgan fingerprint density at radius 3 is 2.94 bits per heavy atom. The molecule has 0 radical (unpaired) electrons. The maximum Gasteiger partial charge on any atom is 0.139 e. The van der Waals surface area contributed by atoms with Crippen LogP contribution in [-0.4, -0.2) is 19.0 Å². The molecule has 0 fully saturated rings. The molecule has 1 aromatic rings. The van der Waals surface area contributed by atoms with E-state index < -0.39 is 0 Å². The molecule has 0 heterocycles. The second kappa shape index (κ2) is 6.76. The number of hydrogen-bond acceptors (Lipinski definition) is 2. The predicted octanol–water partition coefficient (Wildman–Crippen LogP) is 3.13. The largest absolute Gasteiger partial charge is 0.381 e. The van der Waals surface area contributed by atoms with Gasteiger partial charge in [0.15, 0.2) is 0 Å². The number of carbonyl (C=O) groups excluding carboxylic acids is 1. The van der Waals surface area contributed by atoms with Crippen LogP contribution in [0, 0.1) is 5.82 Å². The monoisotopic (exact) mass is 288 g/mol. The Balaban J connectivity index is 2.52. The van der Waals surface area contributed by atoms with Crippen molar-refractivity contribution in [2.75, 3.05) is 13.2 Å². The summed E-state index contributed by atoms with van der Waals surface area (Å²) in [6.07, 6.45) is 0.613. The van der Waals surface area contributed by atoms with Crippen LogP contribution in [0.1, 0.15) is 18.9 Å². The number of carbonyl (C=O) groups is 1. The molecular formula is C12H14BrFO2. The fourth-order valence-electron chi connectivity index (χ4n) is 1.31. The molecule has 0 N–H and O–H groups in total. The number of benzene rings is 1. The lowest BCUT2D eigenvalue weighted by Gasteiger charge is -2.04. The van der Waals surface area contributed by atoms with Gasteiger partial charge in [-0.15, -0.1) is 0 Å². The summed E-state index contributed by atoms with van der Waals surface area (Å²) in [5, 5.41) is 0. The van der Waals surface area contributed by atoms with Crippen molar-refractivity contribution < 1.29 is 13.9 Å². The molecule has 1 rings (SSSR count). The van der Waals surface area contributed by atoms with Crippen LogP contribution < -0.4 is 0 Å². The average Bonchev–Trinajstić information content (AvgIpc) is 2.24. The van der Waals surface area contributed by atoms with E-state index in [0.717, 1.165) is 4.47 Å². The Labute approximate surface area is 103 Å². The van der Waals surface area contributed by atoms with E-state index in [1.807, 2.05) is 6.92 Å². The van der Waals surface area contributed by atoms with Crippen LogP contribution in [0.4, 0.5) is 4.39 Å². The summed E-state index contributed by atoms with van der Waals surface area (Å²) >= 11 is 3.29. The van der Waals surface area contributed by atoms with Crippen molar-refractivity contribution in [3.05, 3.63) is 34.1 Å². The number of ketones is 1. The van der Waals surface area contributed by atoms with E-state index in [2.05, 4.69) is 15.9 Å². The number of halogens is 2. The van der Waals surface area contributed by atoms with Gasteiger partial charge in [0, 0.05) is 23.9 Å². The zero-order chi connectivity index (χ0) is 12.0. The van der Waals surface area contributed by atoms with Crippen LogP contribution in [0.15, 0.2) is 22.7 Å². The molecule has 0 aliphatic carbocycles. The zero-order valence-electron chi connectivity index (χ0n) is 9.13. The van der Waals surface area contributed by atoms with Gasteiger partial charge in [-0.2, -0.15) is 0 Å². The lowest BCUT2D eigenvalue weighted by Crippen LogP contribution is -2.07. The third-order valence-electron chi connectivity index (χ3n) is 2.12. The van der Waals surface area contributed by atoms with Crippen LogP contribution in [0.2, 0.25) is 0 Å². The molecule has 0 saturated carbocycles. The Morgan fingerprint density at radius 2 is 2.25 bits per heavy atom. The highest BCUT2D eigenvalue weighted by molar-refractivity contribution is 9.10. The number of rotatable bonds is 6.